The van der Waals surface area contributed by atoms with Crippen LogP contribution < -0.4 is 10.3 Å². The van der Waals surface area contributed by atoms with E-state index in [-0.39, 0.29) is 21.2 Å². The minimum Gasteiger partial charge on any atom is -0.225 e. The molecule has 12 heteroatoms. The molecule has 0 aliphatic carbocycles. The number of primary sulfonamides is 2. The third-order valence-electron chi connectivity index (χ3n) is 5.68. The standard InChI is InChI=1S/C26H20N6O4S2/c27-37(33,34)25-21-7-3-1-5-17(21)9-15-23(25)31-29-19-11-13-20(14-12-19)30-32-24-16-10-18-6-2-4-8-22(18)26(24)38(28,35)36/h1-16H,(H2,27,33,34)(H2,28,35,36). The van der Waals surface area contributed by atoms with Crippen LogP contribution in [0.2, 0.25) is 0 Å². The largest absolute Gasteiger partial charge is 0.240 e. The summed E-state index contributed by atoms with van der Waals surface area (Å²) >= 11 is 0. The third kappa shape index (κ3) is 5.19. The summed E-state index contributed by atoms with van der Waals surface area (Å²) in [5.74, 6) is 0. The molecule has 0 aromatic heterocycles. The van der Waals surface area contributed by atoms with Gasteiger partial charge in [-0.2, -0.15) is 10.2 Å². The fraction of sp³-hybridized carbons (Fsp3) is 0. The van der Waals surface area contributed by atoms with Crippen molar-refractivity contribution in [3.05, 3.63) is 97.1 Å². The average Bonchev–Trinajstić information content (AvgIpc) is 2.89. The molecule has 4 N–H and O–H groups in total. The summed E-state index contributed by atoms with van der Waals surface area (Å²) in [7, 11) is -8.13. The number of hydrogen-bond acceptors (Lipinski definition) is 8. The second-order valence-corrected chi connectivity index (χ2v) is 11.3. The van der Waals surface area contributed by atoms with Crippen LogP contribution in [0, 0.1) is 0 Å². The fourth-order valence-electron chi connectivity index (χ4n) is 4.03. The van der Waals surface area contributed by atoms with Gasteiger partial charge in [-0.25, -0.2) is 27.1 Å². The lowest BCUT2D eigenvalue weighted by Gasteiger charge is -2.07. The van der Waals surface area contributed by atoms with Crippen LogP contribution in [0.5, 0.6) is 0 Å². The Morgan fingerprint density at radius 1 is 0.447 bits per heavy atom. The molecule has 0 aliphatic rings. The van der Waals surface area contributed by atoms with E-state index in [1.807, 2.05) is 0 Å². The molecule has 0 atom stereocenters. The van der Waals surface area contributed by atoms with Crippen molar-refractivity contribution in [3.8, 4) is 0 Å². The molecule has 0 saturated carbocycles. The Labute approximate surface area is 218 Å². The zero-order chi connectivity index (χ0) is 26.9. The van der Waals surface area contributed by atoms with Gasteiger partial charge in [0.1, 0.15) is 21.2 Å². The Bertz CT molecular complexity index is 1830. The minimum absolute atomic E-state index is 0.106. The van der Waals surface area contributed by atoms with E-state index in [1.54, 1.807) is 97.1 Å². The zero-order valence-electron chi connectivity index (χ0n) is 19.6. The van der Waals surface area contributed by atoms with Gasteiger partial charge in [-0.3, -0.25) is 0 Å². The average molecular weight is 545 g/mol. The molecule has 38 heavy (non-hydrogen) atoms. The van der Waals surface area contributed by atoms with Crippen molar-refractivity contribution in [1.29, 1.82) is 0 Å². The quantitative estimate of drug-likeness (QED) is 0.246. The Balaban J connectivity index is 1.44. The Morgan fingerprint density at radius 3 is 1.18 bits per heavy atom. The predicted molar refractivity (Wildman–Crippen MR) is 145 cm³/mol. The smallest absolute Gasteiger partial charge is 0.225 e. The molecule has 0 saturated heterocycles. The van der Waals surface area contributed by atoms with Crippen LogP contribution in [0.15, 0.2) is 127 Å². The normalized spacial score (nSPS) is 12.7. The van der Waals surface area contributed by atoms with Crippen molar-refractivity contribution in [1.82, 2.24) is 0 Å². The first-order valence-corrected chi connectivity index (χ1v) is 14.2. The Hall–Kier alpha value is -4.36. The van der Waals surface area contributed by atoms with Gasteiger partial charge in [0.25, 0.3) is 0 Å². The van der Waals surface area contributed by atoms with Gasteiger partial charge in [-0.1, -0.05) is 60.7 Å². The molecule has 0 bridgehead atoms. The lowest BCUT2D eigenvalue weighted by Crippen LogP contribution is -2.12. The summed E-state index contributed by atoms with van der Waals surface area (Å²) < 4.78 is 49.1. The molecule has 0 aliphatic heterocycles. The second-order valence-electron chi connectivity index (χ2n) is 8.28. The van der Waals surface area contributed by atoms with Crippen molar-refractivity contribution in [2.45, 2.75) is 9.79 Å². The van der Waals surface area contributed by atoms with Crippen LogP contribution in [0.3, 0.4) is 0 Å². The maximum atomic E-state index is 12.3. The van der Waals surface area contributed by atoms with Gasteiger partial charge in [0, 0.05) is 10.8 Å². The summed E-state index contributed by atoms with van der Waals surface area (Å²) in [4.78, 5) is -0.211. The van der Waals surface area contributed by atoms with E-state index < -0.39 is 20.0 Å². The molecular formula is C26H20N6O4S2. The van der Waals surface area contributed by atoms with Crippen LogP contribution in [-0.4, -0.2) is 16.8 Å². The first kappa shape index (κ1) is 25.3. The summed E-state index contributed by atoms with van der Waals surface area (Å²) in [6, 6.07) is 26.9. The number of nitrogens with two attached hydrogens (primary N) is 2. The number of benzene rings is 5. The molecular weight excluding hydrogens is 524 g/mol. The number of sulfonamides is 2. The van der Waals surface area contributed by atoms with Crippen LogP contribution in [-0.2, 0) is 20.0 Å². The molecule has 190 valence electrons. The number of rotatable bonds is 6. The molecule has 5 rings (SSSR count). The van der Waals surface area contributed by atoms with Crippen molar-refractivity contribution in [2.24, 2.45) is 30.7 Å². The first-order valence-electron chi connectivity index (χ1n) is 11.1. The molecule has 0 radical (unpaired) electrons. The van der Waals surface area contributed by atoms with E-state index in [9.17, 15) is 16.8 Å². The summed E-state index contributed by atoms with van der Waals surface area (Å²) in [5.41, 5.74) is 1.07. The van der Waals surface area contributed by atoms with E-state index in [1.165, 1.54) is 0 Å². The van der Waals surface area contributed by atoms with Gasteiger partial charge in [-0.15, -0.1) is 10.2 Å². The first-order chi connectivity index (χ1) is 18.1. The number of hydrogen-bond donors (Lipinski definition) is 2. The van der Waals surface area contributed by atoms with E-state index in [0.29, 0.717) is 32.9 Å². The maximum absolute atomic E-state index is 12.3. The zero-order valence-corrected chi connectivity index (χ0v) is 21.3. The number of fused-ring (bicyclic) bond motifs is 2. The van der Waals surface area contributed by atoms with Crippen molar-refractivity contribution in [2.75, 3.05) is 0 Å². The SMILES string of the molecule is NS(=O)(=O)c1c(N=Nc2ccc(N=Nc3ccc4ccccc4c3S(N)(=O)=O)cc2)ccc2ccccc12. The highest BCUT2D eigenvalue weighted by atomic mass is 32.2. The minimum atomic E-state index is -4.07. The molecule has 5 aromatic rings. The monoisotopic (exact) mass is 544 g/mol. The lowest BCUT2D eigenvalue weighted by molar-refractivity contribution is 0.597. The van der Waals surface area contributed by atoms with Gasteiger partial charge >= 0.3 is 0 Å². The fourth-order valence-corrected chi connectivity index (χ4v) is 5.81. The molecule has 0 spiro atoms. The summed E-state index contributed by atoms with van der Waals surface area (Å²) in [6.45, 7) is 0. The van der Waals surface area contributed by atoms with Gasteiger partial charge in [0.15, 0.2) is 0 Å². The maximum Gasteiger partial charge on any atom is 0.240 e. The van der Waals surface area contributed by atoms with E-state index in [2.05, 4.69) is 20.5 Å². The highest BCUT2D eigenvalue weighted by Gasteiger charge is 2.19. The molecule has 0 heterocycles. The summed E-state index contributed by atoms with van der Waals surface area (Å²) in [5, 5.41) is 29.8. The van der Waals surface area contributed by atoms with Crippen LogP contribution in [0.4, 0.5) is 22.7 Å². The van der Waals surface area contributed by atoms with E-state index in [0.717, 1.165) is 0 Å². The third-order valence-corrected chi connectivity index (χ3v) is 7.68. The van der Waals surface area contributed by atoms with Crippen LogP contribution in [0.1, 0.15) is 0 Å². The molecule has 10 nitrogen and oxygen atoms in total. The number of nitrogens with zero attached hydrogens (tertiary/aromatic N) is 4. The highest BCUT2D eigenvalue weighted by Crippen LogP contribution is 2.34. The van der Waals surface area contributed by atoms with E-state index >= 15 is 0 Å². The van der Waals surface area contributed by atoms with Crippen molar-refractivity contribution in [3.63, 3.8) is 0 Å². The summed E-state index contributed by atoms with van der Waals surface area (Å²) in [6.07, 6.45) is 0. The Morgan fingerprint density at radius 2 is 0.816 bits per heavy atom. The second kappa shape index (κ2) is 9.84. The van der Waals surface area contributed by atoms with Gasteiger partial charge in [0.2, 0.25) is 20.0 Å². The van der Waals surface area contributed by atoms with Gasteiger partial charge in [-0.05, 0) is 47.2 Å². The van der Waals surface area contributed by atoms with Crippen molar-refractivity contribution < 1.29 is 16.8 Å². The topological polar surface area (TPSA) is 170 Å². The lowest BCUT2D eigenvalue weighted by atomic mass is 10.1. The van der Waals surface area contributed by atoms with Crippen LogP contribution in [0.25, 0.3) is 21.5 Å². The van der Waals surface area contributed by atoms with Gasteiger partial charge < -0.3 is 0 Å². The molecule has 0 fully saturated rings. The molecule has 5 aromatic carbocycles. The highest BCUT2D eigenvalue weighted by molar-refractivity contribution is 7.89. The predicted octanol–water partition coefficient (Wildman–Crippen LogP) is 6.12. The van der Waals surface area contributed by atoms with Crippen molar-refractivity contribution >= 4 is 64.3 Å². The van der Waals surface area contributed by atoms with Gasteiger partial charge in [0.05, 0.1) is 11.4 Å². The Kier molecular flexibility index (Phi) is 6.55. The molecule has 0 amide bonds. The van der Waals surface area contributed by atoms with Crippen LogP contribution >= 0.6 is 0 Å². The molecule has 0 unspecified atom stereocenters. The van der Waals surface area contributed by atoms with E-state index in [4.69, 9.17) is 10.3 Å². The number of azo groups is 2.